The van der Waals surface area contributed by atoms with Crippen LogP contribution in [-0.2, 0) is 0 Å². The van der Waals surface area contributed by atoms with E-state index >= 15 is 0 Å². The van der Waals surface area contributed by atoms with Crippen molar-refractivity contribution in [2.75, 3.05) is 0 Å². The normalized spacial score (nSPS) is 23.1. The van der Waals surface area contributed by atoms with Gasteiger partial charge in [-0.15, -0.1) is 0 Å². The lowest BCUT2D eigenvalue weighted by molar-refractivity contribution is 0.0956. The Morgan fingerprint density at radius 2 is 1.93 bits per heavy atom. The number of hydrazone groups is 1. The van der Waals surface area contributed by atoms with Gasteiger partial charge >= 0.3 is 0 Å². The number of nitrogens with one attached hydrogen (secondary N) is 1. The van der Waals surface area contributed by atoms with Crippen LogP contribution in [0.3, 0.4) is 0 Å². The van der Waals surface area contributed by atoms with E-state index in [1.165, 1.54) is 25.7 Å². The first-order valence-corrected chi connectivity index (χ1v) is 11.0. The number of pyridine rings is 1. The molecule has 2 bridgehead atoms. The summed E-state index contributed by atoms with van der Waals surface area (Å²) in [5.74, 6) is 1.86. The molecule has 30 heavy (non-hydrogen) atoms. The fourth-order valence-electron chi connectivity index (χ4n) is 5.20. The third kappa shape index (κ3) is 3.50. The van der Waals surface area contributed by atoms with Crippen molar-refractivity contribution in [3.8, 4) is 11.3 Å². The number of hydrogen-bond acceptors (Lipinski definition) is 3. The first kappa shape index (κ1) is 19.3. The molecule has 0 radical (unpaired) electrons. The molecule has 1 aromatic heterocycles. The molecule has 5 rings (SSSR count). The summed E-state index contributed by atoms with van der Waals surface area (Å²) >= 11 is 6.42. The van der Waals surface area contributed by atoms with Crippen LogP contribution in [-0.4, -0.2) is 16.6 Å². The lowest BCUT2D eigenvalue weighted by atomic mass is 9.86. The highest BCUT2D eigenvalue weighted by Crippen LogP contribution is 2.48. The van der Waals surface area contributed by atoms with E-state index in [0.29, 0.717) is 22.0 Å². The van der Waals surface area contributed by atoms with Crippen LogP contribution in [0.1, 0.15) is 43.0 Å². The van der Waals surface area contributed by atoms with Gasteiger partial charge in [-0.1, -0.05) is 60.5 Å². The summed E-state index contributed by atoms with van der Waals surface area (Å²) in [7, 11) is 0. The van der Waals surface area contributed by atoms with Crippen molar-refractivity contribution >= 4 is 34.1 Å². The van der Waals surface area contributed by atoms with Gasteiger partial charge < -0.3 is 0 Å². The molecule has 2 aliphatic rings. The number of carbonyl (C=O) groups excluding carboxylic acids is 1. The van der Waals surface area contributed by atoms with Gasteiger partial charge in [-0.3, -0.25) is 4.79 Å². The highest BCUT2D eigenvalue weighted by atomic mass is 35.5. The molecule has 0 aliphatic heterocycles. The van der Waals surface area contributed by atoms with E-state index in [1.807, 2.05) is 55.5 Å². The summed E-state index contributed by atoms with van der Waals surface area (Å²) in [6.45, 7) is 2.04. The van der Waals surface area contributed by atoms with Gasteiger partial charge in [-0.2, -0.15) is 5.10 Å². The van der Waals surface area contributed by atoms with E-state index in [-0.39, 0.29) is 5.91 Å². The van der Waals surface area contributed by atoms with Gasteiger partial charge in [-0.05, 0) is 50.2 Å². The molecule has 0 saturated heterocycles. The fourth-order valence-corrected chi connectivity index (χ4v) is 5.41. The average Bonchev–Trinajstić information content (AvgIpc) is 3.41. The number of halogens is 1. The Morgan fingerprint density at radius 1 is 1.10 bits per heavy atom. The maximum atomic E-state index is 13.1. The summed E-state index contributed by atoms with van der Waals surface area (Å²) in [5, 5.41) is 5.75. The number of amides is 1. The van der Waals surface area contributed by atoms with Gasteiger partial charge in [0.2, 0.25) is 0 Å². The van der Waals surface area contributed by atoms with Crippen molar-refractivity contribution in [1.82, 2.24) is 10.4 Å². The molecule has 1 N–H and O–H groups in total. The van der Waals surface area contributed by atoms with Crippen molar-refractivity contribution in [3.05, 3.63) is 65.2 Å². The second-order valence-corrected chi connectivity index (χ2v) is 8.94. The number of fused-ring (bicyclic) bond motifs is 3. The highest BCUT2D eigenvalue weighted by molar-refractivity contribution is 6.35. The molecule has 2 aliphatic carbocycles. The standard InChI is InChI=1S/C25H24ClN3O/c1-15(20-13-16-10-11-18(20)12-16)28-29-25(30)21-14-23(17-6-3-2-4-7-17)27-24-19(21)8-5-9-22(24)26/h2-9,14,16,18,20H,10-13H2,1H3,(H,29,30)/b28-15-/t16-,18-,20+/m0/s1. The lowest BCUT2D eigenvalue weighted by Gasteiger charge is -2.21. The Morgan fingerprint density at radius 3 is 2.67 bits per heavy atom. The second kappa shape index (κ2) is 7.84. The van der Waals surface area contributed by atoms with E-state index in [1.54, 1.807) is 6.07 Å². The van der Waals surface area contributed by atoms with Crippen molar-refractivity contribution in [3.63, 3.8) is 0 Å². The number of carbonyl (C=O) groups is 1. The van der Waals surface area contributed by atoms with E-state index < -0.39 is 0 Å². The minimum atomic E-state index is -0.232. The van der Waals surface area contributed by atoms with Crippen LogP contribution < -0.4 is 5.43 Å². The summed E-state index contributed by atoms with van der Waals surface area (Å²) in [6, 6.07) is 17.2. The number of benzene rings is 2. The molecule has 1 amide bonds. The monoisotopic (exact) mass is 417 g/mol. The zero-order chi connectivity index (χ0) is 20.7. The van der Waals surface area contributed by atoms with E-state index in [4.69, 9.17) is 16.6 Å². The van der Waals surface area contributed by atoms with Gasteiger partial charge in [0, 0.05) is 22.6 Å². The molecule has 3 aromatic rings. The van der Waals surface area contributed by atoms with E-state index in [2.05, 4.69) is 10.5 Å². The van der Waals surface area contributed by atoms with Gasteiger partial charge in [0.25, 0.3) is 5.91 Å². The van der Waals surface area contributed by atoms with Crippen molar-refractivity contribution in [2.24, 2.45) is 22.9 Å². The van der Waals surface area contributed by atoms with Crippen molar-refractivity contribution in [2.45, 2.75) is 32.6 Å². The third-order valence-corrected chi connectivity index (χ3v) is 7.02. The fraction of sp³-hybridized carbons (Fsp3) is 0.320. The molecular weight excluding hydrogens is 394 g/mol. The number of hydrogen-bond donors (Lipinski definition) is 1. The van der Waals surface area contributed by atoms with E-state index in [0.717, 1.165) is 34.2 Å². The van der Waals surface area contributed by atoms with Gasteiger partial charge in [0.05, 0.1) is 21.8 Å². The average molecular weight is 418 g/mol. The third-order valence-electron chi connectivity index (χ3n) is 6.71. The van der Waals surface area contributed by atoms with E-state index in [9.17, 15) is 4.79 Å². The van der Waals surface area contributed by atoms with Crippen LogP contribution in [0.2, 0.25) is 5.02 Å². The SMILES string of the molecule is C/C(=N/NC(=O)c1cc(-c2ccccc2)nc2c(Cl)cccc12)[C@H]1C[C@H]2CC[C@H]1C2. The second-order valence-electron chi connectivity index (χ2n) is 8.53. The van der Waals surface area contributed by atoms with Crippen LogP contribution in [0, 0.1) is 17.8 Å². The Hall–Kier alpha value is -2.72. The summed E-state index contributed by atoms with van der Waals surface area (Å²) in [4.78, 5) is 17.9. The van der Waals surface area contributed by atoms with Crippen molar-refractivity contribution < 1.29 is 4.79 Å². The van der Waals surface area contributed by atoms with Gasteiger partial charge in [-0.25, -0.2) is 10.4 Å². The lowest BCUT2D eigenvalue weighted by Crippen LogP contribution is -2.24. The Labute approximate surface area is 181 Å². The number of para-hydroxylation sites is 1. The molecule has 2 fully saturated rings. The molecule has 2 saturated carbocycles. The van der Waals surface area contributed by atoms with Crippen molar-refractivity contribution in [1.29, 1.82) is 0 Å². The number of nitrogens with zero attached hydrogens (tertiary/aromatic N) is 2. The molecule has 1 heterocycles. The minimum Gasteiger partial charge on any atom is -0.267 e. The Kier molecular flexibility index (Phi) is 5.03. The van der Waals surface area contributed by atoms with Crippen LogP contribution >= 0.6 is 11.6 Å². The molecule has 0 spiro atoms. The van der Waals surface area contributed by atoms with Gasteiger partial charge in [0.1, 0.15) is 0 Å². The topological polar surface area (TPSA) is 54.4 Å². The smallest absolute Gasteiger partial charge is 0.267 e. The first-order valence-electron chi connectivity index (χ1n) is 10.6. The summed E-state index contributed by atoms with van der Waals surface area (Å²) < 4.78 is 0. The predicted octanol–water partition coefficient (Wildman–Crippen LogP) is 6.10. The Bertz CT molecular complexity index is 1140. The summed E-state index contributed by atoms with van der Waals surface area (Å²) in [5.41, 5.74) is 6.66. The molecule has 5 heteroatoms. The minimum absolute atomic E-state index is 0.232. The Balaban J connectivity index is 1.49. The summed E-state index contributed by atoms with van der Waals surface area (Å²) in [6.07, 6.45) is 5.18. The number of rotatable bonds is 4. The van der Waals surface area contributed by atoms with Crippen LogP contribution in [0.25, 0.3) is 22.2 Å². The maximum Gasteiger partial charge on any atom is 0.272 e. The van der Waals surface area contributed by atoms with Gasteiger partial charge in [0.15, 0.2) is 0 Å². The molecule has 3 atom stereocenters. The molecule has 0 unspecified atom stereocenters. The molecule has 2 aromatic carbocycles. The predicted molar refractivity (Wildman–Crippen MR) is 122 cm³/mol. The molecule has 152 valence electrons. The quantitative estimate of drug-likeness (QED) is 0.412. The molecule has 4 nitrogen and oxygen atoms in total. The first-order chi connectivity index (χ1) is 14.6. The zero-order valence-corrected chi connectivity index (χ0v) is 17.7. The number of aromatic nitrogens is 1. The van der Waals surface area contributed by atoms with Crippen LogP contribution in [0.4, 0.5) is 0 Å². The highest BCUT2D eigenvalue weighted by Gasteiger charge is 2.40. The maximum absolute atomic E-state index is 13.1. The van der Waals surface area contributed by atoms with Crippen LogP contribution in [0.15, 0.2) is 59.7 Å². The van der Waals surface area contributed by atoms with Crippen LogP contribution in [0.5, 0.6) is 0 Å². The largest absolute Gasteiger partial charge is 0.272 e. The zero-order valence-electron chi connectivity index (χ0n) is 16.9. The molecular formula is C25H24ClN3O.